The Morgan fingerprint density at radius 2 is 1.78 bits per heavy atom. The molecule has 138 valence electrons. The molecule has 2 aromatic carbocycles. The van der Waals surface area contributed by atoms with Gasteiger partial charge in [-0.15, -0.1) is 0 Å². The van der Waals surface area contributed by atoms with Gasteiger partial charge in [0, 0.05) is 12.8 Å². The van der Waals surface area contributed by atoms with Gasteiger partial charge in [-0.2, -0.15) is 5.10 Å². The highest BCUT2D eigenvalue weighted by Gasteiger charge is 2.27. The molecule has 7 nitrogen and oxygen atoms in total. The molecule has 1 heterocycles. The average molecular weight is 366 g/mol. The van der Waals surface area contributed by atoms with Crippen molar-refractivity contribution in [3.05, 3.63) is 59.7 Å². The third-order valence-corrected chi connectivity index (χ3v) is 4.00. The van der Waals surface area contributed by atoms with Crippen LogP contribution in [0.4, 0.5) is 5.69 Å². The maximum absolute atomic E-state index is 12.4. The summed E-state index contributed by atoms with van der Waals surface area (Å²) in [5, 5.41) is 5.41. The number of anilines is 1. The number of methoxy groups -OCH3 is 1. The predicted octanol–water partition coefficient (Wildman–Crippen LogP) is 2.87. The average Bonchev–Trinajstić information content (AvgIpc) is 2.68. The van der Waals surface area contributed by atoms with Crippen LogP contribution in [0.25, 0.3) is 0 Å². The van der Waals surface area contributed by atoms with Crippen molar-refractivity contribution in [1.82, 2.24) is 0 Å². The summed E-state index contributed by atoms with van der Waals surface area (Å²) in [6, 6.07) is 13.3. The van der Waals surface area contributed by atoms with Crippen LogP contribution in [0.2, 0.25) is 0 Å². The fourth-order valence-corrected chi connectivity index (χ4v) is 2.60. The minimum Gasteiger partial charge on any atom is -0.465 e. The van der Waals surface area contributed by atoms with Gasteiger partial charge >= 0.3 is 11.9 Å². The van der Waals surface area contributed by atoms with Crippen molar-refractivity contribution in [3.8, 4) is 5.75 Å². The van der Waals surface area contributed by atoms with E-state index in [1.54, 1.807) is 6.07 Å². The number of nitrogens with zero attached hydrogens (tertiary/aromatic N) is 2. The first kappa shape index (κ1) is 18.3. The normalized spacial score (nSPS) is 13.8. The van der Waals surface area contributed by atoms with Crippen molar-refractivity contribution >= 4 is 29.2 Å². The van der Waals surface area contributed by atoms with E-state index in [4.69, 9.17) is 4.74 Å². The number of esters is 2. The van der Waals surface area contributed by atoms with Crippen molar-refractivity contribution in [2.24, 2.45) is 5.10 Å². The highest BCUT2D eigenvalue weighted by atomic mass is 16.5. The predicted molar refractivity (Wildman–Crippen MR) is 98.8 cm³/mol. The van der Waals surface area contributed by atoms with Crippen LogP contribution >= 0.6 is 0 Å². The Morgan fingerprint density at radius 3 is 2.44 bits per heavy atom. The highest BCUT2D eigenvalue weighted by molar-refractivity contribution is 6.38. The number of ether oxygens (including phenoxy) is 2. The molecule has 0 bridgehead atoms. The van der Waals surface area contributed by atoms with Gasteiger partial charge in [0.25, 0.3) is 0 Å². The SMILES string of the molecule is COC(=O)c1ccc(OC(=O)C2=NN(c3cccc(C)c3)C(=O)CC2)cc1. The second kappa shape index (κ2) is 7.82. The second-order valence-electron chi connectivity index (χ2n) is 6.00. The lowest BCUT2D eigenvalue weighted by Gasteiger charge is -2.23. The van der Waals surface area contributed by atoms with E-state index in [1.807, 2.05) is 25.1 Å². The first-order valence-electron chi connectivity index (χ1n) is 8.35. The van der Waals surface area contributed by atoms with Crippen molar-refractivity contribution in [3.63, 3.8) is 0 Å². The van der Waals surface area contributed by atoms with Crippen molar-refractivity contribution in [2.75, 3.05) is 12.1 Å². The third kappa shape index (κ3) is 4.20. The van der Waals surface area contributed by atoms with Crippen LogP contribution < -0.4 is 9.75 Å². The van der Waals surface area contributed by atoms with Crippen LogP contribution in [-0.4, -0.2) is 30.7 Å². The van der Waals surface area contributed by atoms with Crippen LogP contribution in [0.15, 0.2) is 53.6 Å². The molecule has 0 atom stereocenters. The van der Waals surface area contributed by atoms with Gasteiger partial charge in [0.15, 0.2) is 0 Å². The number of carbonyl (C=O) groups is 3. The molecule has 27 heavy (non-hydrogen) atoms. The number of amides is 1. The summed E-state index contributed by atoms with van der Waals surface area (Å²) in [5.41, 5.74) is 2.10. The van der Waals surface area contributed by atoms with E-state index < -0.39 is 11.9 Å². The summed E-state index contributed by atoms with van der Waals surface area (Å²) in [5.74, 6) is -1.02. The number of rotatable bonds is 4. The van der Waals surface area contributed by atoms with Crippen LogP contribution in [0, 0.1) is 6.92 Å². The van der Waals surface area contributed by atoms with Crippen LogP contribution in [0.3, 0.4) is 0 Å². The van der Waals surface area contributed by atoms with Gasteiger partial charge in [0.1, 0.15) is 11.5 Å². The molecule has 3 rings (SSSR count). The zero-order valence-electron chi connectivity index (χ0n) is 15.0. The van der Waals surface area contributed by atoms with Crippen LogP contribution in [0.1, 0.15) is 28.8 Å². The maximum Gasteiger partial charge on any atom is 0.359 e. The van der Waals surface area contributed by atoms with Gasteiger partial charge in [-0.1, -0.05) is 12.1 Å². The van der Waals surface area contributed by atoms with Crippen molar-refractivity contribution in [2.45, 2.75) is 19.8 Å². The fourth-order valence-electron chi connectivity index (χ4n) is 2.60. The molecular weight excluding hydrogens is 348 g/mol. The van der Waals surface area contributed by atoms with Crippen LogP contribution in [0.5, 0.6) is 5.75 Å². The van der Waals surface area contributed by atoms with Gasteiger partial charge in [-0.3, -0.25) is 4.79 Å². The molecule has 1 aliphatic heterocycles. The number of hydrogen-bond acceptors (Lipinski definition) is 6. The van der Waals surface area contributed by atoms with E-state index >= 15 is 0 Å². The molecule has 0 aromatic heterocycles. The Bertz CT molecular complexity index is 918. The smallest absolute Gasteiger partial charge is 0.359 e. The Hall–Kier alpha value is -3.48. The Labute approximate surface area is 156 Å². The first-order chi connectivity index (χ1) is 13.0. The standard InChI is InChI=1S/C20H18N2O5/c1-13-4-3-5-15(12-13)22-18(23)11-10-17(21-22)20(25)27-16-8-6-14(7-9-16)19(24)26-2/h3-9,12H,10-11H2,1-2H3. The lowest BCUT2D eigenvalue weighted by atomic mass is 10.1. The largest absolute Gasteiger partial charge is 0.465 e. The number of carbonyl (C=O) groups excluding carboxylic acids is 3. The summed E-state index contributed by atoms with van der Waals surface area (Å²) in [6.07, 6.45) is 0.378. The molecule has 0 radical (unpaired) electrons. The van der Waals surface area contributed by atoms with Gasteiger partial charge < -0.3 is 9.47 Å². The van der Waals surface area contributed by atoms with Gasteiger partial charge in [0.2, 0.25) is 5.91 Å². The monoisotopic (exact) mass is 366 g/mol. The Morgan fingerprint density at radius 1 is 1.04 bits per heavy atom. The Kier molecular flexibility index (Phi) is 5.30. The molecule has 2 aromatic rings. The third-order valence-electron chi connectivity index (χ3n) is 4.00. The highest BCUT2D eigenvalue weighted by Crippen LogP contribution is 2.22. The van der Waals surface area contributed by atoms with Gasteiger partial charge in [-0.05, 0) is 48.9 Å². The van der Waals surface area contributed by atoms with Gasteiger partial charge in [0.05, 0.1) is 18.4 Å². The quantitative estimate of drug-likeness (QED) is 0.613. The first-order valence-corrected chi connectivity index (χ1v) is 8.35. The molecule has 0 saturated carbocycles. The summed E-state index contributed by atoms with van der Waals surface area (Å²) < 4.78 is 9.93. The van der Waals surface area contributed by atoms with Crippen molar-refractivity contribution in [1.29, 1.82) is 0 Å². The molecular formula is C20H18N2O5. The number of hydrogen-bond donors (Lipinski definition) is 0. The zero-order valence-corrected chi connectivity index (χ0v) is 15.0. The van der Waals surface area contributed by atoms with E-state index in [1.165, 1.54) is 36.4 Å². The molecule has 0 N–H and O–H groups in total. The van der Waals surface area contributed by atoms with Crippen LogP contribution in [-0.2, 0) is 14.3 Å². The number of benzene rings is 2. The molecule has 0 aliphatic carbocycles. The second-order valence-corrected chi connectivity index (χ2v) is 6.00. The lowest BCUT2D eigenvalue weighted by molar-refractivity contribution is -0.127. The molecule has 1 amide bonds. The molecule has 0 spiro atoms. The van der Waals surface area contributed by atoms with Gasteiger partial charge in [-0.25, -0.2) is 14.6 Å². The fraction of sp³-hybridized carbons (Fsp3) is 0.200. The van der Waals surface area contributed by atoms with E-state index in [-0.39, 0.29) is 30.2 Å². The topological polar surface area (TPSA) is 85.3 Å². The van der Waals surface area contributed by atoms with E-state index in [9.17, 15) is 14.4 Å². The number of aryl methyl sites for hydroxylation is 1. The summed E-state index contributed by atoms with van der Waals surface area (Å²) >= 11 is 0. The van der Waals surface area contributed by atoms with E-state index in [0.717, 1.165) is 5.56 Å². The number of hydrazone groups is 1. The lowest BCUT2D eigenvalue weighted by Crippen LogP contribution is -2.35. The summed E-state index contributed by atoms with van der Waals surface area (Å²) in [6.45, 7) is 1.91. The molecule has 7 heteroatoms. The van der Waals surface area contributed by atoms with E-state index in [2.05, 4.69) is 9.84 Å². The molecule has 0 saturated heterocycles. The maximum atomic E-state index is 12.4. The Balaban J connectivity index is 1.76. The summed E-state index contributed by atoms with van der Waals surface area (Å²) in [7, 11) is 1.29. The summed E-state index contributed by atoms with van der Waals surface area (Å²) in [4.78, 5) is 36.0. The minimum absolute atomic E-state index is 0.160. The van der Waals surface area contributed by atoms with E-state index in [0.29, 0.717) is 11.3 Å². The minimum atomic E-state index is -0.633. The zero-order chi connectivity index (χ0) is 19.4. The van der Waals surface area contributed by atoms with Crippen molar-refractivity contribution < 1.29 is 23.9 Å². The molecule has 0 unspecified atom stereocenters. The molecule has 0 fully saturated rings. The molecule has 1 aliphatic rings.